The number of amides is 3. The highest BCUT2D eigenvalue weighted by Crippen LogP contribution is 2.01. The van der Waals surface area contributed by atoms with Crippen molar-refractivity contribution in [2.45, 2.75) is 31.0 Å². The summed E-state index contributed by atoms with van der Waals surface area (Å²) in [6.07, 6.45) is 2.13. The molecule has 0 fully saturated rings. The Labute approximate surface area is 170 Å². The molecule has 3 atom stereocenters. The Hall–Kier alpha value is -3.13. The van der Waals surface area contributed by atoms with Crippen molar-refractivity contribution in [3.05, 3.63) is 18.2 Å². The lowest BCUT2D eigenvalue weighted by molar-refractivity contribution is -0.139. The Morgan fingerprint density at radius 2 is 1.72 bits per heavy atom. The Balaban J connectivity index is 2.81. The predicted octanol–water partition coefficient (Wildman–Crippen LogP) is -3.15. The first kappa shape index (κ1) is 23.9. The van der Waals surface area contributed by atoms with Crippen molar-refractivity contribution in [1.82, 2.24) is 25.9 Å². The van der Waals surface area contributed by atoms with Crippen molar-refractivity contribution in [2.75, 3.05) is 12.3 Å². The van der Waals surface area contributed by atoms with Crippen LogP contribution in [0.5, 0.6) is 0 Å². The molecule has 1 rings (SSSR count). The molecule has 0 aliphatic heterocycles. The van der Waals surface area contributed by atoms with Crippen LogP contribution < -0.4 is 21.7 Å². The van der Waals surface area contributed by atoms with E-state index < -0.39 is 60.8 Å². The number of nitrogens with zero attached hydrogens (tertiary/aromatic N) is 1. The predicted molar refractivity (Wildman–Crippen MR) is 101 cm³/mol. The number of hydrogen-bond donors (Lipinski definition) is 8. The molecule has 3 amide bonds. The van der Waals surface area contributed by atoms with Gasteiger partial charge in [-0.2, -0.15) is 12.6 Å². The maximum Gasteiger partial charge on any atom is 0.322 e. The van der Waals surface area contributed by atoms with Crippen LogP contribution in [0.15, 0.2) is 12.5 Å². The minimum absolute atomic E-state index is 0.0248. The Bertz CT molecular complexity index is 742. The molecule has 1 heterocycles. The number of nitrogens with one attached hydrogen (secondary N) is 4. The van der Waals surface area contributed by atoms with Crippen molar-refractivity contribution >= 4 is 42.3 Å². The summed E-state index contributed by atoms with van der Waals surface area (Å²) < 4.78 is 0. The fourth-order valence-corrected chi connectivity index (χ4v) is 2.39. The van der Waals surface area contributed by atoms with Gasteiger partial charge in [0.1, 0.15) is 18.6 Å². The standard InChI is InChI=1S/C15H22N6O7S/c16-8(2-11(22)23)13(26)21-10(5-29)15(28)20-9(1-7-3-17-6-19-7)14(27)18-4-12(24)25/h3,6,8-10,29H,1-2,4-5,16H2,(H,17,19)(H,18,27)(H,20,28)(H,21,26)(H,22,23)(H,24,25). The molecule has 0 aliphatic carbocycles. The van der Waals surface area contributed by atoms with Crippen molar-refractivity contribution in [2.24, 2.45) is 5.73 Å². The number of H-pyrrole nitrogens is 1. The van der Waals surface area contributed by atoms with Gasteiger partial charge in [0.25, 0.3) is 0 Å². The van der Waals surface area contributed by atoms with E-state index in [1.54, 1.807) is 0 Å². The molecule has 0 saturated heterocycles. The van der Waals surface area contributed by atoms with Gasteiger partial charge in [0.05, 0.1) is 18.8 Å². The van der Waals surface area contributed by atoms with E-state index in [-0.39, 0.29) is 12.2 Å². The van der Waals surface area contributed by atoms with Crippen LogP contribution in [0.2, 0.25) is 0 Å². The lowest BCUT2D eigenvalue weighted by Crippen LogP contribution is -2.57. The first-order chi connectivity index (χ1) is 13.6. The normalized spacial score (nSPS) is 13.6. The van der Waals surface area contributed by atoms with Gasteiger partial charge in [-0.15, -0.1) is 0 Å². The van der Waals surface area contributed by atoms with Gasteiger partial charge in [0, 0.05) is 24.1 Å². The van der Waals surface area contributed by atoms with Crippen LogP contribution in [0, 0.1) is 0 Å². The maximum absolute atomic E-state index is 12.5. The van der Waals surface area contributed by atoms with Gasteiger partial charge in [-0.05, 0) is 0 Å². The molecule has 3 unspecified atom stereocenters. The van der Waals surface area contributed by atoms with Gasteiger partial charge in [0.15, 0.2) is 0 Å². The summed E-state index contributed by atoms with van der Waals surface area (Å²) in [6, 6.07) is -3.75. The minimum Gasteiger partial charge on any atom is -0.481 e. The number of thiol groups is 1. The molecule has 0 radical (unpaired) electrons. The van der Waals surface area contributed by atoms with Gasteiger partial charge < -0.3 is 36.9 Å². The number of aliphatic carboxylic acids is 2. The summed E-state index contributed by atoms with van der Waals surface area (Å²) >= 11 is 3.97. The Morgan fingerprint density at radius 1 is 1.07 bits per heavy atom. The molecule has 0 aliphatic rings. The van der Waals surface area contributed by atoms with E-state index in [9.17, 15) is 24.0 Å². The van der Waals surface area contributed by atoms with E-state index in [0.29, 0.717) is 5.69 Å². The Kier molecular flexibility index (Phi) is 9.61. The number of nitrogens with two attached hydrogens (primary N) is 1. The number of rotatable bonds is 12. The fourth-order valence-electron chi connectivity index (χ4n) is 2.14. The van der Waals surface area contributed by atoms with Crippen LogP contribution in [0.1, 0.15) is 12.1 Å². The molecule has 1 aromatic rings. The second-order valence-electron chi connectivity index (χ2n) is 5.90. The summed E-state index contributed by atoms with van der Waals surface area (Å²) in [4.78, 5) is 64.5. The smallest absolute Gasteiger partial charge is 0.322 e. The van der Waals surface area contributed by atoms with Crippen LogP contribution >= 0.6 is 12.6 Å². The number of imidazole rings is 1. The average molecular weight is 430 g/mol. The molecule has 0 aromatic carbocycles. The SMILES string of the molecule is NC(CC(=O)O)C(=O)NC(CS)C(=O)NC(Cc1cnc[nH]1)C(=O)NCC(=O)O. The molecular formula is C15H22N6O7S. The zero-order valence-electron chi connectivity index (χ0n) is 15.1. The fraction of sp³-hybridized carbons (Fsp3) is 0.467. The third-order valence-electron chi connectivity index (χ3n) is 3.57. The van der Waals surface area contributed by atoms with Crippen molar-refractivity contribution in [3.63, 3.8) is 0 Å². The van der Waals surface area contributed by atoms with Crippen molar-refractivity contribution in [1.29, 1.82) is 0 Å². The summed E-state index contributed by atoms with van der Waals surface area (Å²) in [6.45, 7) is -0.648. The van der Waals surface area contributed by atoms with Gasteiger partial charge in [-0.1, -0.05) is 0 Å². The summed E-state index contributed by atoms with van der Waals surface area (Å²) in [5, 5.41) is 24.2. The van der Waals surface area contributed by atoms with E-state index in [1.807, 2.05) is 0 Å². The molecule has 14 heteroatoms. The van der Waals surface area contributed by atoms with E-state index >= 15 is 0 Å². The molecule has 13 nitrogen and oxygen atoms in total. The number of hydrogen-bond acceptors (Lipinski definition) is 8. The molecule has 0 bridgehead atoms. The third-order valence-corrected chi connectivity index (χ3v) is 3.94. The number of carboxylic acid groups (broad SMARTS) is 2. The highest BCUT2D eigenvalue weighted by atomic mass is 32.1. The number of aromatic nitrogens is 2. The monoisotopic (exact) mass is 430 g/mol. The number of carbonyl (C=O) groups is 5. The Morgan fingerprint density at radius 3 is 2.24 bits per heavy atom. The lowest BCUT2D eigenvalue weighted by atomic mass is 10.1. The number of carboxylic acids is 2. The third kappa shape index (κ3) is 8.61. The van der Waals surface area contributed by atoms with Crippen LogP contribution in [0.4, 0.5) is 0 Å². The van der Waals surface area contributed by atoms with Gasteiger partial charge in [-0.3, -0.25) is 24.0 Å². The van der Waals surface area contributed by atoms with Crippen LogP contribution in [0.3, 0.4) is 0 Å². The largest absolute Gasteiger partial charge is 0.481 e. The van der Waals surface area contributed by atoms with Crippen molar-refractivity contribution < 1.29 is 34.2 Å². The first-order valence-corrected chi connectivity index (χ1v) is 8.93. The maximum atomic E-state index is 12.5. The summed E-state index contributed by atoms with van der Waals surface area (Å²) in [5.41, 5.74) is 5.94. The minimum atomic E-state index is -1.37. The second kappa shape index (κ2) is 11.7. The van der Waals surface area contributed by atoms with Gasteiger partial charge in [0.2, 0.25) is 17.7 Å². The van der Waals surface area contributed by atoms with Crippen molar-refractivity contribution in [3.8, 4) is 0 Å². The van der Waals surface area contributed by atoms with Crippen LogP contribution in [0.25, 0.3) is 0 Å². The van der Waals surface area contributed by atoms with E-state index in [1.165, 1.54) is 12.5 Å². The molecule has 1 aromatic heterocycles. The average Bonchev–Trinajstić information content (AvgIpc) is 3.15. The molecule has 29 heavy (non-hydrogen) atoms. The first-order valence-electron chi connectivity index (χ1n) is 8.29. The van der Waals surface area contributed by atoms with E-state index in [4.69, 9.17) is 15.9 Å². The quantitative estimate of drug-likeness (QED) is 0.157. The zero-order chi connectivity index (χ0) is 22.0. The van der Waals surface area contributed by atoms with Crippen LogP contribution in [-0.4, -0.2) is 80.3 Å². The zero-order valence-corrected chi connectivity index (χ0v) is 16.0. The molecule has 0 saturated carbocycles. The summed E-state index contributed by atoms with van der Waals surface area (Å²) in [7, 11) is 0. The number of carbonyl (C=O) groups excluding carboxylic acids is 3. The topological polar surface area (TPSA) is 217 Å². The second-order valence-corrected chi connectivity index (χ2v) is 6.27. The van der Waals surface area contributed by atoms with Gasteiger partial charge >= 0.3 is 11.9 Å². The lowest BCUT2D eigenvalue weighted by Gasteiger charge is -2.22. The van der Waals surface area contributed by atoms with Crippen LogP contribution in [-0.2, 0) is 30.4 Å². The summed E-state index contributed by atoms with van der Waals surface area (Å²) in [5.74, 6) is -5.13. The molecular weight excluding hydrogens is 408 g/mol. The molecule has 8 N–H and O–H groups in total. The number of aromatic amines is 1. The molecule has 160 valence electrons. The van der Waals surface area contributed by atoms with E-state index in [2.05, 4.69) is 38.5 Å². The van der Waals surface area contributed by atoms with Gasteiger partial charge in [-0.25, -0.2) is 4.98 Å². The highest BCUT2D eigenvalue weighted by Gasteiger charge is 2.28. The molecule has 0 spiro atoms. The van der Waals surface area contributed by atoms with E-state index in [0.717, 1.165) is 0 Å². The highest BCUT2D eigenvalue weighted by molar-refractivity contribution is 7.80.